The number of hydrogen-bond donors (Lipinski definition) is 2. The summed E-state index contributed by atoms with van der Waals surface area (Å²) in [6, 6.07) is 0. The molecular formula is C11H20N4O. The van der Waals surface area contributed by atoms with Crippen molar-refractivity contribution in [3.05, 3.63) is 11.9 Å². The smallest absolute Gasteiger partial charge is 0.274 e. The maximum Gasteiger partial charge on any atom is 0.274 e. The minimum atomic E-state index is -0.0715. The average molecular weight is 224 g/mol. The Balaban J connectivity index is 2.74. The molecule has 0 radical (unpaired) electrons. The largest absolute Gasteiger partial charge is 0.396 e. The molecule has 1 heterocycles. The zero-order valence-electron chi connectivity index (χ0n) is 10.2. The highest BCUT2D eigenvalue weighted by Crippen LogP contribution is 2.12. The lowest BCUT2D eigenvalue weighted by Crippen LogP contribution is -2.35. The highest BCUT2D eigenvalue weighted by Gasteiger charge is 2.19. The van der Waals surface area contributed by atoms with Gasteiger partial charge in [0, 0.05) is 13.1 Å². The molecular weight excluding hydrogens is 204 g/mol. The number of amides is 1. The van der Waals surface area contributed by atoms with E-state index in [9.17, 15) is 4.79 Å². The fraction of sp³-hybridized carbons (Fsp3) is 0.636. The van der Waals surface area contributed by atoms with Gasteiger partial charge in [0.1, 0.15) is 5.69 Å². The molecule has 90 valence electrons. The highest BCUT2D eigenvalue weighted by molar-refractivity contribution is 5.96. The summed E-state index contributed by atoms with van der Waals surface area (Å²) in [5, 5.41) is 6.41. The van der Waals surface area contributed by atoms with Gasteiger partial charge >= 0.3 is 0 Å². The first-order valence-electron chi connectivity index (χ1n) is 5.68. The third-order valence-electron chi connectivity index (χ3n) is 2.78. The van der Waals surface area contributed by atoms with Gasteiger partial charge in [-0.3, -0.25) is 9.89 Å². The molecule has 16 heavy (non-hydrogen) atoms. The van der Waals surface area contributed by atoms with Crippen molar-refractivity contribution >= 4 is 11.6 Å². The van der Waals surface area contributed by atoms with Crippen molar-refractivity contribution in [2.75, 3.05) is 18.8 Å². The van der Waals surface area contributed by atoms with Gasteiger partial charge in [-0.15, -0.1) is 0 Å². The van der Waals surface area contributed by atoms with Crippen LogP contribution >= 0.6 is 0 Å². The SMILES string of the molecule is CCC(C)CN(CC)C(=O)c1[nH]ncc1N. The van der Waals surface area contributed by atoms with E-state index in [-0.39, 0.29) is 5.91 Å². The van der Waals surface area contributed by atoms with Gasteiger partial charge in [0.15, 0.2) is 0 Å². The zero-order valence-corrected chi connectivity index (χ0v) is 10.2. The summed E-state index contributed by atoms with van der Waals surface area (Å²) in [6.45, 7) is 7.65. The summed E-state index contributed by atoms with van der Waals surface area (Å²) in [5.74, 6) is 0.422. The van der Waals surface area contributed by atoms with Gasteiger partial charge in [0.2, 0.25) is 0 Å². The van der Waals surface area contributed by atoms with E-state index in [4.69, 9.17) is 5.73 Å². The molecule has 1 unspecified atom stereocenters. The molecule has 0 fully saturated rings. The highest BCUT2D eigenvalue weighted by atomic mass is 16.2. The number of H-pyrrole nitrogens is 1. The number of nitrogens with two attached hydrogens (primary N) is 1. The molecule has 3 N–H and O–H groups in total. The van der Waals surface area contributed by atoms with Crippen molar-refractivity contribution in [2.24, 2.45) is 5.92 Å². The van der Waals surface area contributed by atoms with Crippen LogP contribution in [0.15, 0.2) is 6.20 Å². The van der Waals surface area contributed by atoms with Crippen LogP contribution in [0.2, 0.25) is 0 Å². The first-order valence-corrected chi connectivity index (χ1v) is 5.68. The Bertz CT molecular complexity index is 348. The summed E-state index contributed by atoms with van der Waals surface area (Å²) >= 11 is 0. The predicted molar refractivity (Wildman–Crippen MR) is 64.0 cm³/mol. The van der Waals surface area contributed by atoms with E-state index in [2.05, 4.69) is 24.0 Å². The quantitative estimate of drug-likeness (QED) is 0.795. The van der Waals surface area contributed by atoms with Crippen molar-refractivity contribution in [3.8, 4) is 0 Å². The Labute approximate surface area is 96.0 Å². The molecule has 1 aromatic heterocycles. The van der Waals surface area contributed by atoms with Gasteiger partial charge in [0.25, 0.3) is 5.91 Å². The minimum absolute atomic E-state index is 0.0715. The summed E-state index contributed by atoms with van der Waals surface area (Å²) < 4.78 is 0. The van der Waals surface area contributed by atoms with Gasteiger partial charge in [-0.1, -0.05) is 20.3 Å². The van der Waals surface area contributed by atoms with Gasteiger partial charge in [-0.25, -0.2) is 0 Å². The monoisotopic (exact) mass is 224 g/mol. The standard InChI is InChI=1S/C11H20N4O/c1-4-8(3)7-15(5-2)11(16)10-9(12)6-13-14-10/h6,8H,4-5,7,12H2,1-3H3,(H,13,14). The molecule has 1 amide bonds. The normalized spacial score (nSPS) is 12.4. The van der Waals surface area contributed by atoms with E-state index >= 15 is 0 Å². The lowest BCUT2D eigenvalue weighted by molar-refractivity contribution is 0.0736. The number of rotatable bonds is 5. The molecule has 5 nitrogen and oxygen atoms in total. The summed E-state index contributed by atoms with van der Waals surface area (Å²) in [7, 11) is 0. The fourth-order valence-electron chi connectivity index (χ4n) is 1.49. The topological polar surface area (TPSA) is 75.0 Å². The Kier molecular flexibility index (Phi) is 4.34. The molecule has 0 aromatic carbocycles. The Morgan fingerprint density at radius 2 is 2.31 bits per heavy atom. The van der Waals surface area contributed by atoms with Crippen molar-refractivity contribution < 1.29 is 4.79 Å². The number of carbonyl (C=O) groups excluding carboxylic acids is 1. The maximum atomic E-state index is 12.1. The number of nitrogen functional groups attached to an aromatic ring is 1. The van der Waals surface area contributed by atoms with E-state index in [1.54, 1.807) is 4.90 Å². The van der Waals surface area contributed by atoms with Crippen LogP contribution in [-0.4, -0.2) is 34.1 Å². The fourth-order valence-corrected chi connectivity index (χ4v) is 1.49. The number of nitrogens with one attached hydrogen (secondary N) is 1. The molecule has 1 aromatic rings. The molecule has 0 aliphatic rings. The van der Waals surface area contributed by atoms with Gasteiger partial charge < -0.3 is 10.6 Å². The molecule has 1 atom stereocenters. The van der Waals surface area contributed by atoms with Crippen LogP contribution in [0.4, 0.5) is 5.69 Å². The summed E-state index contributed by atoms with van der Waals surface area (Å²) in [5.41, 5.74) is 6.46. The second-order valence-corrected chi connectivity index (χ2v) is 4.06. The summed E-state index contributed by atoms with van der Waals surface area (Å²) in [6.07, 6.45) is 2.52. The Hall–Kier alpha value is -1.52. The van der Waals surface area contributed by atoms with E-state index in [1.807, 2.05) is 6.92 Å². The number of nitrogens with zero attached hydrogens (tertiary/aromatic N) is 2. The number of hydrogen-bond acceptors (Lipinski definition) is 3. The number of aromatic amines is 1. The molecule has 0 aliphatic carbocycles. The number of carbonyl (C=O) groups is 1. The molecule has 0 saturated heterocycles. The molecule has 0 bridgehead atoms. The van der Waals surface area contributed by atoms with Crippen LogP contribution in [0.5, 0.6) is 0 Å². The molecule has 0 spiro atoms. The average Bonchev–Trinajstić information content (AvgIpc) is 2.71. The van der Waals surface area contributed by atoms with Crippen molar-refractivity contribution in [1.82, 2.24) is 15.1 Å². The van der Waals surface area contributed by atoms with Crippen molar-refractivity contribution in [3.63, 3.8) is 0 Å². The van der Waals surface area contributed by atoms with Crippen LogP contribution in [0.3, 0.4) is 0 Å². The Morgan fingerprint density at radius 3 is 2.75 bits per heavy atom. The van der Waals surface area contributed by atoms with Crippen LogP contribution < -0.4 is 5.73 Å². The van der Waals surface area contributed by atoms with E-state index in [1.165, 1.54) is 6.20 Å². The first kappa shape index (κ1) is 12.5. The van der Waals surface area contributed by atoms with Crippen molar-refractivity contribution in [1.29, 1.82) is 0 Å². The number of aromatic nitrogens is 2. The summed E-state index contributed by atoms with van der Waals surface area (Å²) in [4.78, 5) is 13.9. The predicted octanol–water partition coefficient (Wildman–Crippen LogP) is 1.50. The molecule has 0 aliphatic heterocycles. The van der Waals surface area contributed by atoms with Crippen LogP contribution in [-0.2, 0) is 0 Å². The van der Waals surface area contributed by atoms with Crippen LogP contribution in [0, 0.1) is 5.92 Å². The van der Waals surface area contributed by atoms with Crippen LogP contribution in [0.1, 0.15) is 37.7 Å². The number of anilines is 1. The first-order chi connectivity index (χ1) is 7.60. The van der Waals surface area contributed by atoms with E-state index < -0.39 is 0 Å². The lowest BCUT2D eigenvalue weighted by atomic mass is 10.1. The molecule has 1 rings (SSSR count). The lowest BCUT2D eigenvalue weighted by Gasteiger charge is -2.23. The van der Waals surface area contributed by atoms with E-state index in [0.29, 0.717) is 23.8 Å². The second-order valence-electron chi connectivity index (χ2n) is 4.06. The molecule has 5 heteroatoms. The molecule has 0 saturated carbocycles. The second kappa shape index (κ2) is 5.53. The third-order valence-corrected chi connectivity index (χ3v) is 2.78. The van der Waals surface area contributed by atoms with Gasteiger partial charge in [-0.05, 0) is 12.8 Å². The maximum absolute atomic E-state index is 12.1. The van der Waals surface area contributed by atoms with Crippen molar-refractivity contribution in [2.45, 2.75) is 27.2 Å². The van der Waals surface area contributed by atoms with Gasteiger partial charge in [-0.2, -0.15) is 5.10 Å². The minimum Gasteiger partial charge on any atom is -0.396 e. The van der Waals surface area contributed by atoms with Crippen LogP contribution in [0.25, 0.3) is 0 Å². The van der Waals surface area contributed by atoms with Gasteiger partial charge in [0.05, 0.1) is 11.9 Å². The Morgan fingerprint density at radius 1 is 1.62 bits per heavy atom. The van der Waals surface area contributed by atoms with E-state index in [0.717, 1.165) is 13.0 Å². The zero-order chi connectivity index (χ0) is 12.1. The third kappa shape index (κ3) is 2.74.